The molecule has 1 amide bonds. The summed E-state index contributed by atoms with van der Waals surface area (Å²) in [4.78, 5) is 17.1. The number of ether oxygens (including phenoxy) is 4. The highest BCUT2D eigenvalue weighted by molar-refractivity contribution is 5.95. The second-order valence-electron chi connectivity index (χ2n) is 5.96. The van der Waals surface area contributed by atoms with Crippen molar-refractivity contribution >= 4 is 11.6 Å². The Labute approximate surface area is 163 Å². The van der Waals surface area contributed by atoms with E-state index in [1.54, 1.807) is 19.2 Å². The van der Waals surface area contributed by atoms with Gasteiger partial charge in [0, 0.05) is 30.9 Å². The summed E-state index contributed by atoms with van der Waals surface area (Å²) >= 11 is 0. The largest absolute Gasteiger partial charge is 0.493 e. The van der Waals surface area contributed by atoms with Gasteiger partial charge >= 0.3 is 0 Å². The second-order valence-corrected chi connectivity index (χ2v) is 5.96. The molecule has 3 aromatic rings. The summed E-state index contributed by atoms with van der Waals surface area (Å²) in [5, 5.41) is 2.89. The van der Waals surface area contributed by atoms with Crippen molar-refractivity contribution in [2.75, 3.05) is 35.0 Å². The van der Waals surface area contributed by atoms with E-state index in [9.17, 15) is 4.79 Å². The zero-order chi connectivity index (χ0) is 20.1. The predicted octanol–water partition coefficient (Wildman–Crippen LogP) is 2.34. The fourth-order valence-corrected chi connectivity index (χ4v) is 2.94. The zero-order valence-corrected chi connectivity index (χ0v) is 16.3. The van der Waals surface area contributed by atoms with E-state index in [2.05, 4.69) is 10.3 Å². The minimum atomic E-state index is -0.236. The third-order valence-corrected chi connectivity index (χ3v) is 4.31. The van der Waals surface area contributed by atoms with Crippen LogP contribution < -0.4 is 24.3 Å². The Morgan fingerprint density at radius 2 is 1.71 bits per heavy atom. The van der Waals surface area contributed by atoms with Crippen LogP contribution in [0.3, 0.4) is 0 Å². The highest BCUT2D eigenvalue weighted by atomic mass is 16.5. The zero-order valence-electron chi connectivity index (χ0n) is 16.3. The van der Waals surface area contributed by atoms with Gasteiger partial charge in [-0.3, -0.25) is 4.79 Å². The van der Waals surface area contributed by atoms with Crippen molar-refractivity contribution in [3.63, 3.8) is 0 Å². The molecule has 148 valence electrons. The molecule has 8 heteroatoms. The molecule has 8 nitrogen and oxygen atoms in total. The van der Waals surface area contributed by atoms with Gasteiger partial charge in [-0.05, 0) is 24.3 Å². The molecule has 0 fully saturated rings. The van der Waals surface area contributed by atoms with E-state index in [4.69, 9.17) is 18.9 Å². The van der Waals surface area contributed by atoms with Crippen molar-refractivity contribution in [1.82, 2.24) is 14.7 Å². The summed E-state index contributed by atoms with van der Waals surface area (Å²) in [5.74, 6) is 1.77. The van der Waals surface area contributed by atoms with Crippen LogP contribution in [0.15, 0.2) is 36.7 Å². The quantitative estimate of drug-likeness (QED) is 0.641. The molecule has 28 heavy (non-hydrogen) atoms. The number of methoxy groups -OCH3 is 4. The third-order valence-electron chi connectivity index (χ3n) is 4.31. The molecule has 3 rings (SSSR count). The first-order valence-corrected chi connectivity index (χ1v) is 8.70. The number of hydrogen-bond donors (Lipinski definition) is 1. The summed E-state index contributed by atoms with van der Waals surface area (Å²) in [7, 11) is 6.15. The number of hydrogen-bond acceptors (Lipinski definition) is 6. The molecule has 1 N–H and O–H groups in total. The van der Waals surface area contributed by atoms with Crippen LogP contribution >= 0.6 is 0 Å². The molecular formula is C20H23N3O5. The molecule has 0 radical (unpaired) electrons. The highest BCUT2D eigenvalue weighted by Gasteiger charge is 2.17. The van der Waals surface area contributed by atoms with E-state index in [1.165, 1.54) is 21.3 Å². The topological polar surface area (TPSA) is 83.3 Å². The van der Waals surface area contributed by atoms with Crippen molar-refractivity contribution in [2.24, 2.45) is 0 Å². The van der Waals surface area contributed by atoms with Gasteiger partial charge in [0.1, 0.15) is 0 Å². The summed E-state index contributed by atoms with van der Waals surface area (Å²) in [6, 6.07) is 6.99. The van der Waals surface area contributed by atoms with Crippen molar-refractivity contribution in [3.05, 3.63) is 47.9 Å². The van der Waals surface area contributed by atoms with Gasteiger partial charge in [-0.1, -0.05) is 0 Å². The summed E-state index contributed by atoms with van der Waals surface area (Å²) in [6.07, 6.45) is 4.41. The Hall–Kier alpha value is -3.42. The van der Waals surface area contributed by atoms with Crippen LogP contribution in [0.5, 0.6) is 23.0 Å². The Balaban J connectivity index is 1.69. The minimum Gasteiger partial charge on any atom is -0.493 e. The van der Waals surface area contributed by atoms with Gasteiger partial charge in [0.2, 0.25) is 5.75 Å². The number of nitrogens with zero attached hydrogens (tertiary/aromatic N) is 2. The standard InChI is InChI=1S/C20H23N3O5/c1-25-15-6-5-9-23-12-14(22-19(15)23)7-8-21-20(24)13-10-16(26-2)18(28-4)17(11-13)27-3/h5-6,9-12H,7-8H2,1-4H3,(H,21,24). The molecule has 0 aliphatic heterocycles. The predicted molar refractivity (Wildman–Crippen MR) is 104 cm³/mol. The van der Waals surface area contributed by atoms with Gasteiger partial charge in [0.05, 0.1) is 34.1 Å². The maximum atomic E-state index is 12.5. The smallest absolute Gasteiger partial charge is 0.251 e. The van der Waals surface area contributed by atoms with E-state index >= 15 is 0 Å². The Kier molecular flexibility index (Phi) is 5.88. The van der Waals surface area contributed by atoms with Gasteiger partial charge in [-0.25, -0.2) is 4.98 Å². The average Bonchev–Trinajstić information content (AvgIpc) is 3.15. The van der Waals surface area contributed by atoms with E-state index in [0.717, 1.165) is 11.3 Å². The van der Waals surface area contributed by atoms with E-state index < -0.39 is 0 Å². The maximum Gasteiger partial charge on any atom is 0.251 e. The van der Waals surface area contributed by atoms with Crippen LogP contribution in [0, 0.1) is 0 Å². The van der Waals surface area contributed by atoms with E-state index in [0.29, 0.717) is 41.5 Å². The SMILES string of the molecule is COc1cc(C(=O)NCCc2cn3cccc(OC)c3n2)cc(OC)c1OC. The monoisotopic (exact) mass is 385 g/mol. The molecule has 0 bridgehead atoms. The van der Waals surface area contributed by atoms with Crippen LogP contribution in [0.1, 0.15) is 16.1 Å². The second kappa shape index (κ2) is 8.51. The number of carbonyl (C=O) groups excluding carboxylic acids is 1. The van der Waals surface area contributed by atoms with Crippen molar-refractivity contribution in [3.8, 4) is 23.0 Å². The molecule has 0 spiro atoms. The first-order chi connectivity index (χ1) is 13.6. The van der Waals surface area contributed by atoms with Gasteiger partial charge < -0.3 is 28.7 Å². The number of fused-ring (bicyclic) bond motifs is 1. The number of imidazole rings is 1. The minimum absolute atomic E-state index is 0.236. The summed E-state index contributed by atoms with van der Waals surface area (Å²) in [5.41, 5.74) is 2.02. The van der Waals surface area contributed by atoms with Gasteiger partial charge in [-0.15, -0.1) is 0 Å². The lowest BCUT2D eigenvalue weighted by Crippen LogP contribution is -2.25. The lowest BCUT2D eigenvalue weighted by Gasteiger charge is -2.14. The van der Waals surface area contributed by atoms with Crippen molar-refractivity contribution in [2.45, 2.75) is 6.42 Å². The number of amides is 1. The lowest BCUT2D eigenvalue weighted by atomic mass is 10.1. The molecule has 0 aliphatic rings. The molecule has 0 saturated carbocycles. The number of pyridine rings is 1. The number of nitrogens with one attached hydrogen (secondary N) is 1. The molecule has 2 aromatic heterocycles. The Bertz CT molecular complexity index is 958. The molecule has 0 aliphatic carbocycles. The normalized spacial score (nSPS) is 10.6. The third kappa shape index (κ3) is 3.80. The molecular weight excluding hydrogens is 362 g/mol. The van der Waals surface area contributed by atoms with Crippen molar-refractivity contribution < 1.29 is 23.7 Å². The molecule has 2 heterocycles. The fourth-order valence-electron chi connectivity index (χ4n) is 2.94. The number of benzene rings is 1. The van der Waals surface area contributed by atoms with Crippen LogP contribution in [-0.4, -0.2) is 50.3 Å². The van der Waals surface area contributed by atoms with Crippen LogP contribution in [0.2, 0.25) is 0 Å². The summed E-state index contributed by atoms with van der Waals surface area (Å²) in [6.45, 7) is 0.432. The van der Waals surface area contributed by atoms with Crippen LogP contribution in [0.25, 0.3) is 5.65 Å². The number of rotatable bonds is 8. The molecule has 0 unspecified atom stereocenters. The number of carbonyl (C=O) groups is 1. The fraction of sp³-hybridized carbons (Fsp3) is 0.300. The van der Waals surface area contributed by atoms with Gasteiger partial charge in [-0.2, -0.15) is 0 Å². The Morgan fingerprint density at radius 3 is 2.32 bits per heavy atom. The van der Waals surface area contributed by atoms with E-state index in [-0.39, 0.29) is 5.91 Å². The van der Waals surface area contributed by atoms with Crippen molar-refractivity contribution in [1.29, 1.82) is 0 Å². The van der Waals surface area contributed by atoms with Gasteiger partial charge in [0.15, 0.2) is 22.9 Å². The maximum absolute atomic E-state index is 12.5. The first-order valence-electron chi connectivity index (χ1n) is 8.70. The first kappa shape index (κ1) is 19.3. The number of aromatic nitrogens is 2. The van der Waals surface area contributed by atoms with Crippen LogP contribution in [0.4, 0.5) is 0 Å². The summed E-state index contributed by atoms with van der Waals surface area (Å²) < 4.78 is 23.1. The lowest BCUT2D eigenvalue weighted by molar-refractivity contribution is 0.0953. The van der Waals surface area contributed by atoms with Gasteiger partial charge in [0.25, 0.3) is 5.91 Å². The molecule has 0 saturated heterocycles. The Morgan fingerprint density at radius 1 is 1.04 bits per heavy atom. The molecule has 1 aromatic carbocycles. The highest BCUT2D eigenvalue weighted by Crippen LogP contribution is 2.38. The van der Waals surface area contributed by atoms with Crippen LogP contribution in [-0.2, 0) is 6.42 Å². The average molecular weight is 385 g/mol. The van der Waals surface area contributed by atoms with E-state index in [1.807, 2.05) is 28.9 Å². The molecule has 0 atom stereocenters.